The second-order valence-electron chi connectivity index (χ2n) is 6.05. The molecule has 1 fully saturated rings. The molecule has 2 atom stereocenters. The molecule has 1 aliphatic rings. The van der Waals surface area contributed by atoms with Gasteiger partial charge in [-0.3, -0.25) is 4.79 Å². The monoisotopic (exact) mass is 242 g/mol. The third kappa shape index (κ3) is 2.82. The van der Waals surface area contributed by atoms with Crippen LogP contribution in [0.3, 0.4) is 0 Å². The van der Waals surface area contributed by atoms with Gasteiger partial charge in [0.2, 0.25) is 0 Å². The quantitative estimate of drug-likeness (QED) is 0.778. The summed E-state index contributed by atoms with van der Waals surface area (Å²) in [7, 11) is 0. The fourth-order valence-electron chi connectivity index (χ4n) is 3.14. The van der Waals surface area contributed by atoms with Gasteiger partial charge >= 0.3 is 5.97 Å². The summed E-state index contributed by atoms with van der Waals surface area (Å²) in [5, 5.41) is 20.3. The minimum absolute atomic E-state index is 0.290. The van der Waals surface area contributed by atoms with Crippen molar-refractivity contribution in [2.24, 2.45) is 11.3 Å². The van der Waals surface area contributed by atoms with E-state index in [1.54, 1.807) is 0 Å². The van der Waals surface area contributed by atoms with Crippen molar-refractivity contribution < 1.29 is 15.0 Å². The number of carbonyl (C=O) groups is 1. The molecule has 17 heavy (non-hydrogen) atoms. The second-order valence-corrected chi connectivity index (χ2v) is 6.05. The molecule has 0 aliphatic heterocycles. The van der Waals surface area contributed by atoms with E-state index in [4.69, 9.17) is 0 Å². The molecule has 0 aromatic carbocycles. The first-order chi connectivity index (χ1) is 7.85. The van der Waals surface area contributed by atoms with Crippen LogP contribution in [0.2, 0.25) is 0 Å². The summed E-state index contributed by atoms with van der Waals surface area (Å²) < 4.78 is 0. The van der Waals surface area contributed by atoms with Crippen molar-refractivity contribution in [3.63, 3.8) is 0 Å². The Morgan fingerprint density at radius 3 is 2.35 bits per heavy atom. The largest absolute Gasteiger partial charge is 0.481 e. The molecule has 0 amide bonds. The van der Waals surface area contributed by atoms with Gasteiger partial charge in [0.15, 0.2) is 0 Å². The molecular formula is C14H26O3. The van der Waals surface area contributed by atoms with Gasteiger partial charge in [0.25, 0.3) is 0 Å². The van der Waals surface area contributed by atoms with Crippen LogP contribution in [-0.2, 0) is 4.79 Å². The second kappa shape index (κ2) is 5.38. The Hall–Kier alpha value is -0.570. The van der Waals surface area contributed by atoms with Crippen LogP contribution >= 0.6 is 0 Å². The van der Waals surface area contributed by atoms with Crippen molar-refractivity contribution >= 4 is 5.97 Å². The first-order valence-electron chi connectivity index (χ1n) is 6.80. The van der Waals surface area contributed by atoms with Crippen LogP contribution in [-0.4, -0.2) is 21.8 Å². The molecule has 0 aromatic rings. The summed E-state index contributed by atoms with van der Waals surface area (Å²) in [6, 6.07) is 0. The zero-order valence-corrected chi connectivity index (χ0v) is 11.3. The summed E-state index contributed by atoms with van der Waals surface area (Å²) in [4.78, 5) is 11.4. The number of unbranched alkanes of at least 4 members (excludes halogenated alkanes) is 1. The Balaban J connectivity index is 2.92. The lowest BCUT2D eigenvalue weighted by atomic mass is 9.59. The van der Waals surface area contributed by atoms with Crippen LogP contribution in [0.25, 0.3) is 0 Å². The van der Waals surface area contributed by atoms with Crippen LogP contribution < -0.4 is 0 Å². The fourth-order valence-corrected chi connectivity index (χ4v) is 3.14. The standard InChI is InChI=1S/C14H26O3/c1-4-5-8-11(12(15)16)14(17)10-7-6-9-13(14,2)3/h11,17H,4-10H2,1-3H3,(H,15,16). The number of carboxylic acid groups (broad SMARTS) is 1. The predicted molar refractivity (Wildman–Crippen MR) is 67.8 cm³/mol. The normalized spacial score (nSPS) is 29.9. The molecule has 1 rings (SSSR count). The highest BCUT2D eigenvalue weighted by atomic mass is 16.4. The summed E-state index contributed by atoms with van der Waals surface area (Å²) in [6.07, 6.45) is 6.01. The number of hydrogen-bond donors (Lipinski definition) is 2. The van der Waals surface area contributed by atoms with Gasteiger partial charge in [-0.05, 0) is 24.7 Å². The first-order valence-corrected chi connectivity index (χ1v) is 6.80. The van der Waals surface area contributed by atoms with Gasteiger partial charge in [-0.2, -0.15) is 0 Å². The fraction of sp³-hybridized carbons (Fsp3) is 0.929. The molecule has 0 bridgehead atoms. The lowest BCUT2D eigenvalue weighted by Gasteiger charge is -2.49. The Bertz CT molecular complexity index is 273. The van der Waals surface area contributed by atoms with Crippen molar-refractivity contribution in [1.82, 2.24) is 0 Å². The highest BCUT2D eigenvalue weighted by molar-refractivity contribution is 5.71. The van der Waals surface area contributed by atoms with E-state index < -0.39 is 17.5 Å². The van der Waals surface area contributed by atoms with Crippen molar-refractivity contribution in [1.29, 1.82) is 0 Å². The van der Waals surface area contributed by atoms with Crippen LogP contribution in [0.15, 0.2) is 0 Å². The molecule has 2 unspecified atom stereocenters. The maximum Gasteiger partial charge on any atom is 0.309 e. The molecule has 0 saturated heterocycles. The highest BCUT2D eigenvalue weighted by Crippen LogP contribution is 2.49. The van der Waals surface area contributed by atoms with E-state index in [-0.39, 0.29) is 5.41 Å². The average molecular weight is 242 g/mol. The Labute approximate surface area is 104 Å². The molecule has 1 saturated carbocycles. The number of carboxylic acids is 1. The molecule has 1 aliphatic carbocycles. The zero-order valence-electron chi connectivity index (χ0n) is 11.3. The molecule has 0 radical (unpaired) electrons. The first kappa shape index (κ1) is 14.5. The Morgan fingerprint density at radius 1 is 1.29 bits per heavy atom. The molecule has 0 heterocycles. The molecule has 0 aromatic heterocycles. The molecule has 100 valence electrons. The van der Waals surface area contributed by atoms with E-state index in [2.05, 4.69) is 6.92 Å². The van der Waals surface area contributed by atoms with Gasteiger partial charge in [-0.1, -0.05) is 46.5 Å². The van der Waals surface area contributed by atoms with E-state index in [9.17, 15) is 15.0 Å². The van der Waals surface area contributed by atoms with Crippen molar-refractivity contribution in [2.45, 2.75) is 71.3 Å². The van der Waals surface area contributed by atoms with Gasteiger partial charge in [0.05, 0.1) is 11.5 Å². The van der Waals surface area contributed by atoms with Crippen LogP contribution in [0.5, 0.6) is 0 Å². The van der Waals surface area contributed by atoms with Crippen molar-refractivity contribution in [2.75, 3.05) is 0 Å². The summed E-state index contributed by atoms with van der Waals surface area (Å²) >= 11 is 0. The molecule has 3 heteroatoms. The molecular weight excluding hydrogens is 216 g/mol. The minimum Gasteiger partial charge on any atom is -0.481 e. The smallest absolute Gasteiger partial charge is 0.309 e. The molecule has 2 N–H and O–H groups in total. The van der Waals surface area contributed by atoms with E-state index in [0.29, 0.717) is 12.8 Å². The van der Waals surface area contributed by atoms with E-state index in [0.717, 1.165) is 32.1 Å². The predicted octanol–water partition coefficient (Wildman–Crippen LogP) is 3.21. The van der Waals surface area contributed by atoms with E-state index >= 15 is 0 Å². The Kier molecular flexibility index (Phi) is 4.59. The highest BCUT2D eigenvalue weighted by Gasteiger charge is 2.52. The van der Waals surface area contributed by atoms with Gasteiger partial charge in [-0.25, -0.2) is 0 Å². The lowest BCUT2D eigenvalue weighted by molar-refractivity contribution is -0.175. The Morgan fingerprint density at radius 2 is 1.88 bits per heavy atom. The number of hydrogen-bond acceptors (Lipinski definition) is 2. The lowest BCUT2D eigenvalue weighted by Crippen LogP contribution is -2.55. The maximum atomic E-state index is 11.4. The molecule has 3 nitrogen and oxygen atoms in total. The zero-order chi connectivity index (χ0) is 13.1. The summed E-state index contributed by atoms with van der Waals surface area (Å²) in [6.45, 7) is 6.07. The van der Waals surface area contributed by atoms with Crippen LogP contribution in [0, 0.1) is 11.3 Å². The van der Waals surface area contributed by atoms with E-state index in [1.807, 2.05) is 13.8 Å². The third-order valence-electron chi connectivity index (χ3n) is 4.50. The topological polar surface area (TPSA) is 57.5 Å². The summed E-state index contributed by atoms with van der Waals surface area (Å²) in [5.41, 5.74) is -1.33. The minimum atomic E-state index is -1.04. The SMILES string of the molecule is CCCCC(C(=O)O)C1(O)CCCCC1(C)C. The van der Waals surface area contributed by atoms with Gasteiger partial charge in [0.1, 0.15) is 0 Å². The van der Waals surface area contributed by atoms with Gasteiger partial charge in [0, 0.05) is 0 Å². The van der Waals surface area contributed by atoms with Gasteiger partial charge in [-0.15, -0.1) is 0 Å². The average Bonchev–Trinajstić information content (AvgIpc) is 2.23. The van der Waals surface area contributed by atoms with Gasteiger partial charge < -0.3 is 10.2 Å². The number of rotatable bonds is 5. The summed E-state index contributed by atoms with van der Waals surface area (Å²) in [5.74, 6) is -1.45. The van der Waals surface area contributed by atoms with Crippen LogP contribution in [0.1, 0.15) is 65.7 Å². The third-order valence-corrected chi connectivity index (χ3v) is 4.50. The van der Waals surface area contributed by atoms with E-state index in [1.165, 1.54) is 0 Å². The van der Waals surface area contributed by atoms with Crippen LogP contribution in [0.4, 0.5) is 0 Å². The maximum absolute atomic E-state index is 11.4. The number of aliphatic hydroxyl groups is 1. The van der Waals surface area contributed by atoms with Crippen molar-refractivity contribution in [3.8, 4) is 0 Å². The number of aliphatic carboxylic acids is 1. The van der Waals surface area contributed by atoms with Crippen molar-refractivity contribution in [3.05, 3.63) is 0 Å². The molecule has 0 spiro atoms.